The zero-order valence-corrected chi connectivity index (χ0v) is 21.4. The van der Waals surface area contributed by atoms with E-state index in [0.29, 0.717) is 43.2 Å². The van der Waals surface area contributed by atoms with Gasteiger partial charge in [-0.15, -0.1) is 0 Å². The summed E-state index contributed by atoms with van der Waals surface area (Å²) in [5.41, 5.74) is 2.30. The van der Waals surface area contributed by atoms with E-state index in [1.807, 2.05) is 67.6 Å². The number of unbranched alkanes of at least 4 members (excludes halogenated alkanes) is 1. The molecule has 0 saturated carbocycles. The fourth-order valence-electron chi connectivity index (χ4n) is 4.49. The number of ether oxygens (including phenoxy) is 2. The van der Waals surface area contributed by atoms with Gasteiger partial charge in [0.05, 0.1) is 24.8 Å². The lowest BCUT2D eigenvalue weighted by molar-refractivity contribution is -0.139. The first-order valence-electron chi connectivity index (χ1n) is 12.8. The highest BCUT2D eigenvalue weighted by molar-refractivity contribution is 6.46. The number of ketones is 1. The summed E-state index contributed by atoms with van der Waals surface area (Å²) in [6.07, 6.45) is 2.51. The Hall–Kier alpha value is -4.06. The van der Waals surface area contributed by atoms with Crippen molar-refractivity contribution in [2.45, 2.75) is 39.2 Å². The second-order valence-electron chi connectivity index (χ2n) is 8.96. The Bertz CT molecular complexity index is 1250. The summed E-state index contributed by atoms with van der Waals surface area (Å²) in [6.45, 7) is 5.43. The Morgan fingerprint density at radius 2 is 1.65 bits per heavy atom. The molecule has 3 aromatic carbocycles. The molecule has 37 heavy (non-hydrogen) atoms. The van der Waals surface area contributed by atoms with Crippen molar-refractivity contribution < 1.29 is 24.2 Å². The van der Waals surface area contributed by atoms with E-state index in [1.54, 1.807) is 23.1 Å². The number of hydrogen-bond donors (Lipinski definition) is 1. The van der Waals surface area contributed by atoms with E-state index >= 15 is 0 Å². The molecule has 1 amide bonds. The highest BCUT2D eigenvalue weighted by atomic mass is 16.5. The monoisotopic (exact) mass is 499 g/mol. The molecule has 3 aromatic rings. The predicted octanol–water partition coefficient (Wildman–Crippen LogP) is 5.93. The first-order valence-corrected chi connectivity index (χ1v) is 12.8. The summed E-state index contributed by atoms with van der Waals surface area (Å²) in [5, 5.41) is 11.4. The normalized spacial score (nSPS) is 16.7. The third kappa shape index (κ3) is 6.02. The van der Waals surface area contributed by atoms with Crippen LogP contribution in [0.4, 0.5) is 0 Å². The molecule has 0 aromatic heterocycles. The molecule has 1 aliphatic rings. The average molecular weight is 500 g/mol. The van der Waals surface area contributed by atoms with Gasteiger partial charge in [0.15, 0.2) is 0 Å². The average Bonchev–Trinajstić information content (AvgIpc) is 3.18. The molecule has 6 heteroatoms. The molecule has 1 saturated heterocycles. The number of benzene rings is 3. The highest BCUT2D eigenvalue weighted by Crippen LogP contribution is 2.40. The number of likely N-dealkylation sites (tertiary alicyclic amines) is 1. The molecule has 0 aliphatic carbocycles. The Kier molecular flexibility index (Phi) is 8.62. The highest BCUT2D eigenvalue weighted by Gasteiger charge is 2.45. The zero-order chi connectivity index (χ0) is 26.2. The van der Waals surface area contributed by atoms with Crippen molar-refractivity contribution in [3.8, 4) is 11.5 Å². The van der Waals surface area contributed by atoms with Crippen molar-refractivity contribution >= 4 is 17.4 Å². The molecule has 0 radical (unpaired) electrons. The number of aliphatic hydroxyl groups is 1. The van der Waals surface area contributed by atoms with Crippen molar-refractivity contribution in [3.05, 3.63) is 101 Å². The second-order valence-corrected chi connectivity index (χ2v) is 8.96. The van der Waals surface area contributed by atoms with Crippen LogP contribution in [0, 0.1) is 0 Å². The number of carbonyl (C=O) groups excluding carboxylic acids is 2. The number of Topliss-reactive ketones (excluding diaryl/α,β-unsaturated/α-hetero) is 1. The van der Waals surface area contributed by atoms with Crippen LogP contribution in [0.5, 0.6) is 11.5 Å². The van der Waals surface area contributed by atoms with Crippen molar-refractivity contribution in [3.63, 3.8) is 0 Å². The van der Waals surface area contributed by atoms with Crippen molar-refractivity contribution in [1.82, 2.24) is 4.90 Å². The lowest BCUT2D eigenvalue weighted by Gasteiger charge is -2.25. The topological polar surface area (TPSA) is 76.1 Å². The molecule has 1 unspecified atom stereocenters. The van der Waals surface area contributed by atoms with Gasteiger partial charge < -0.3 is 19.5 Å². The molecule has 1 heterocycles. The van der Waals surface area contributed by atoms with E-state index in [1.165, 1.54) is 0 Å². The van der Waals surface area contributed by atoms with Crippen molar-refractivity contribution in [1.29, 1.82) is 0 Å². The number of rotatable bonds is 11. The van der Waals surface area contributed by atoms with Crippen LogP contribution in [0.3, 0.4) is 0 Å². The molecule has 0 spiro atoms. The predicted molar refractivity (Wildman–Crippen MR) is 144 cm³/mol. The standard InChI is InChI=1S/C31H33NO5/c1-3-5-20-37-26-13-9-12-24(21-26)29(33)27-28(23-14-16-25(17-15-23)36-4-2)32(31(35)30(27)34)19-18-22-10-7-6-8-11-22/h6-17,21,28,33H,3-5,18-20H2,1-2H3/b29-27+. The van der Waals surface area contributed by atoms with Crippen LogP contribution in [0.25, 0.3) is 5.76 Å². The van der Waals surface area contributed by atoms with Crippen LogP contribution in [0.1, 0.15) is 49.4 Å². The Morgan fingerprint density at radius 1 is 0.892 bits per heavy atom. The number of hydrogen-bond acceptors (Lipinski definition) is 5. The first kappa shape index (κ1) is 26.0. The van der Waals surface area contributed by atoms with Gasteiger partial charge in [0.1, 0.15) is 17.3 Å². The van der Waals surface area contributed by atoms with Gasteiger partial charge in [-0.25, -0.2) is 0 Å². The van der Waals surface area contributed by atoms with Gasteiger partial charge in [0.25, 0.3) is 11.7 Å². The van der Waals surface area contributed by atoms with Gasteiger partial charge in [-0.1, -0.05) is 67.9 Å². The van der Waals surface area contributed by atoms with Crippen molar-refractivity contribution in [2.24, 2.45) is 0 Å². The molecule has 6 nitrogen and oxygen atoms in total. The molecule has 0 bridgehead atoms. The van der Waals surface area contributed by atoms with Gasteiger partial charge >= 0.3 is 0 Å². The summed E-state index contributed by atoms with van der Waals surface area (Å²) in [6, 6.07) is 23.4. The maximum absolute atomic E-state index is 13.3. The van der Waals surface area contributed by atoms with Crippen LogP contribution in [0.2, 0.25) is 0 Å². The van der Waals surface area contributed by atoms with Gasteiger partial charge in [0, 0.05) is 12.1 Å². The summed E-state index contributed by atoms with van der Waals surface area (Å²) in [4.78, 5) is 28.1. The maximum atomic E-state index is 13.3. The number of aliphatic hydroxyl groups excluding tert-OH is 1. The third-order valence-electron chi connectivity index (χ3n) is 6.41. The van der Waals surface area contributed by atoms with Crippen LogP contribution in [0.15, 0.2) is 84.4 Å². The summed E-state index contributed by atoms with van der Waals surface area (Å²) < 4.78 is 11.4. The first-order chi connectivity index (χ1) is 18.0. The van der Waals surface area contributed by atoms with Crippen LogP contribution in [-0.4, -0.2) is 41.5 Å². The van der Waals surface area contributed by atoms with Gasteiger partial charge in [-0.05, 0) is 55.2 Å². The molecule has 1 N–H and O–H groups in total. The zero-order valence-electron chi connectivity index (χ0n) is 21.4. The van der Waals surface area contributed by atoms with Crippen LogP contribution >= 0.6 is 0 Å². The quantitative estimate of drug-likeness (QED) is 0.153. The minimum atomic E-state index is -0.718. The molecule has 1 fully saturated rings. The van der Waals surface area contributed by atoms with E-state index in [9.17, 15) is 14.7 Å². The second kappa shape index (κ2) is 12.3. The summed E-state index contributed by atoms with van der Waals surface area (Å²) in [5.74, 6) is -0.216. The molecule has 1 atom stereocenters. The van der Waals surface area contributed by atoms with E-state index in [0.717, 1.165) is 24.0 Å². The lowest BCUT2D eigenvalue weighted by Crippen LogP contribution is -2.31. The molecule has 1 aliphatic heterocycles. The molecular formula is C31H33NO5. The minimum absolute atomic E-state index is 0.0768. The SMILES string of the molecule is CCCCOc1cccc(/C(O)=C2\C(=O)C(=O)N(CCc3ccccc3)C2c2ccc(OCC)cc2)c1. The van der Waals surface area contributed by atoms with Crippen LogP contribution in [-0.2, 0) is 16.0 Å². The summed E-state index contributed by atoms with van der Waals surface area (Å²) >= 11 is 0. The van der Waals surface area contributed by atoms with Crippen LogP contribution < -0.4 is 9.47 Å². The van der Waals surface area contributed by atoms with Gasteiger partial charge in [0.2, 0.25) is 0 Å². The maximum Gasteiger partial charge on any atom is 0.295 e. The third-order valence-corrected chi connectivity index (χ3v) is 6.41. The fourth-order valence-corrected chi connectivity index (χ4v) is 4.49. The number of amides is 1. The largest absolute Gasteiger partial charge is 0.507 e. The Balaban J connectivity index is 1.73. The van der Waals surface area contributed by atoms with E-state index in [4.69, 9.17) is 9.47 Å². The Morgan fingerprint density at radius 3 is 2.35 bits per heavy atom. The van der Waals surface area contributed by atoms with Crippen molar-refractivity contribution in [2.75, 3.05) is 19.8 Å². The molecule has 4 rings (SSSR count). The van der Waals surface area contributed by atoms with E-state index in [-0.39, 0.29) is 11.3 Å². The molecular weight excluding hydrogens is 466 g/mol. The minimum Gasteiger partial charge on any atom is -0.507 e. The van der Waals surface area contributed by atoms with Gasteiger partial charge in [-0.3, -0.25) is 9.59 Å². The smallest absolute Gasteiger partial charge is 0.295 e. The van der Waals surface area contributed by atoms with E-state index < -0.39 is 17.7 Å². The number of nitrogens with zero attached hydrogens (tertiary/aromatic N) is 1. The lowest BCUT2D eigenvalue weighted by atomic mass is 9.95. The fraction of sp³-hybridized carbons (Fsp3) is 0.290. The summed E-state index contributed by atoms with van der Waals surface area (Å²) in [7, 11) is 0. The van der Waals surface area contributed by atoms with Gasteiger partial charge in [-0.2, -0.15) is 0 Å². The molecule has 192 valence electrons. The Labute approximate surface area is 218 Å². The number of carbonyl (C=O) groups is 2. The van der Waals surface area contributed by atoms with E-state index in [2.05, 4.69) is 6.92 Å².